The van der Waals surface area contributed by atoms with Crippen molar-refractivity contribution in [2.75, 3.05) is 26.4 Å². The van der Waals surface area contributed by atoms with Crippen molar-refractivity contribution in [2.24, 2.45) is 0 Å². The minimum Gasteiger partial charge on any atom is -0.432 e. The molecule has 2 saturated heterocycles. The molecule has 0 radical (unpaired) electrons. The number of ether oxygens (including phenoxy) is 6. The van der Waals surface area contributed by atoms with E-state index in [1.807, 2.05) is 45.9 Å². The topological polar surface area (TPSA) is 214 Å². The minimum atomic E-state index is -1.77. The molecule has 14 heteroatoms. The zero-order valence-corrected chi connectivity index (χ0v) is 23.5. The number of benzene rings is 1. The molecular formula is C27H42O14. The molecule has 14 nitrogen and oxygen atoms in total. The predicted molar refractivity (Wildman–Crippen MR) is 139 cm³/mol. The fourth-order valence-electron chi connectivity index (χ4n) is 4.70. The molecule has 0 aromatic heterocycles. The molecule has 7 N–H and O–H groups in total. The smallest absolute Gasteiger partial charge is 0.432 e. The summed E-state index contributed by atoms with van der Waals surface area (Å²) in [6.07, 6.45) is -16.6. The molecule has 1 aromatic rings. The highest BCUT2D eigenvalue weighted by molar-refractivity contribution is 5.66. The molecule has 0 aliphatic carbocycles. The van der Waals surface area contributed by atoms with Gasteiger partial charge >= 0.3 is 6.16 Å². The molecule has 41 heavy (non-hydrogen) atoms. The van der Waals surface area contributed by atoms with E-state index >= 15 is 0 Å². The number of hydrogen-bond donors (Lipinski definition) is 7. The van der Waals surface area contributed by atoms with E-state index in [-0.39, 0.29) is 25.0 Å². The van der Waals surface area contributed by atoms with Crippen LogP contribution < -0.4 is 4.74 Å². The average Bonchev–Trinajstić information content (AvgIpc) is 2.94. The van der Waals surface area contributed by atoms with Crippen LogP contribution in [-0.2, 0) is 23.7 Å². The summed E-state index contributed by atoms with van der Waals surface area (Å²) in [6.45, 7) is 5.98. The molecule has 2 heterocycles. The van der Waals surface area contributed by atoms with Gasteiger partial charge in [-0.15, -0.1) is 0 Å². The van der Waals surface area contributed by atoms with Gasteiger partial charge in [0.05, 0.1) is 19.8 Å². The molecular weight excluding hydrogens is 548 g/mol. The summed E-state index contributed by atoms with van der Waals surface area (Å²) in [7, 11) is 0. The van der Waals surface area contributed by atoms with Crippen molar-refractivity contribution in [3.8, 4) is 5.75 Å². The van der Waals surface area contributed by atoms with Gasteiger partial charge in [0, 0.05) is 0 Å². The number of hydrogen-bond acceptors (Lipinski definition) is 14. The first kappa shape index (κ1) is 33.6. The number of carbonyl (C=O) groups excluding carboxylic acids is 1. The van der Waals surface area contributed by atoms with Gasteiger partial charge in [-0.3, -0.25) is 0 Å². The molecule has 0 spiro atoms. The van der Waals surface area contributed by atoms with E-state index in [0.717, 1.165) is 11.1 Å². The zero-order valence-electron chi connectivity index (χ0n) is 23.5. The lowest BCUT2D eigenvalue weighted by molar-refractivity contribution is -0.359. The lowest BCUT2D eigenvalue weighted by Gasteiger charge is -2.45. The molecule has 0 amide bonds. The maximum atomic E-state index is 12.4. The normalized spacial score (nSPS) is 34.2. The quantitative estimate of drug-likeness (QED) is 0.0944. The summed E-state index contributed by atoms with van der Waals surface area (Å²) < 4.78 is 32.4. The third kappa shape index (κ3) is 7.91. The number of rotatable bonds is 11. The lowest BCUT2D eigenvalue weighted by Crippen LogP contribution is -2.64. The number of carbonyl (C=O) groups is 1. The Bertz CT molecular complexity index is 943. The highest BCUT2D eigenvalue weighted by atomic mass is 16.8. The van der Waals surface area contributed by atoms with Crippen LogP contribution >= 0.6 is 0 Å². The summed E-state index contributed by atoms with van der Waals surface area (Å²) in [5.74, 6) is 0.641. The van der Waals surface area contributed by atoms with Gasteiger partial charge in [-0.05, 0) is 23.0 Å². The number of aliphatic hydroxyl groups excluding tert-OH is 7. The van der Waals surface area contributed by atoms with Gasteiger partial charge in [-0.2, -0.15) is 0 Å². The van der Waals surface area contributed by atoms with Crippen LogP contribution in [0.1, 0.15) is 50.7 Å². The molecule has 0 saturated carbocycles. The van der Waals surface area contributed by atoms with E-state index in [2.05, 4.69) is 0 Å². The van der Waals surface area contributed by atoms with Gasteiger partial charge in [0.1, 0.15) is 61.2 Å². The first-order valence-electron chi connectivity index (χ1n) is 13.6. The molecule has 10 atom stereocenters. The molecule has 2 fully saturated rings. The third-order valence-corrected chi connectivity index (χ3v) is 7.05. The third-order valence-electron chi connectivity index (χ3n) is 7.05. The van der Waals surface area contributed by atoms with Crippen LogP contribution in [0.3, 0.4) is 0 Å². The molecule has 1 aromatic carbocycles. The van der Waals surface area contributed by atoms with Crippen LogP contribution in [0.2, 0.25) is 0 Å². The monoisotopic (exact) mass is 590 g/mol. The molecule has 0 bridgehead atoms. The van der Waals surface area contributed by atoms with E-state index < -0.39 is 80.8 Å². The van der Waals surface area contributed by atoms with E-state index in [1.165, 1.54) is 0 Å². The Hall–Kier alpha value is -1.95. The number of aliphatic hydroxyl groups is 7. The highest BCUT2D eigenvalue weighted by Gasteiger charge is 2.50. The first-order chi connectivity index (χ1) is 19.4. The second-order valence-corrected chi connectivity index (χ2v) is 10.7. The second-order valence-electron chi connectivity index (χ2n) is 10.7. The summed E-state index contributed by atoms with van der Waals surface area (Å²) in [6, 6.07) is 5.66. The summed E-state index contributed by atoms with van der Waals surface area (Å²) >= 11 is 0. The van der Waals surface area contributed by atoms with Crippen molar-refractivity contribution in [1.29, 1.82) is 0 Å². The van der Waals surface area contributed by atoms with Gasteiger partial charge < -0.3 is 64.2 Å². The van der Waals surface area contributed by atoms with Crippen LogP contribution in [0.25, 0.3) is 0 Å². The van der Waals surface area contributed by atoms with Crippen molar-refractivity contribution in [1.82, 2.24) is 0 Å². The Balaban J connectivity index is 1.54. The van der Waals surface area contributed by atoms with Gasteiger partial charge in [0.25, 0.3) is 0 Å². The standard InChI is InChI=1S/C27H42O14/c1-12(2)14-6-5-7-15(13(3)4)23(14)41-27(35)37-9-8-36-25-22(34)20(32)24(17(11-29)39-25)40-26-21(33)19(31)18(30)16(10-28)38-26/h5-7,12-13,16-22,24-26,28-34H,8-11H2,1-4H3/t16-,17-,18-,19+,20-,21-,22-,24?,25-,26?/m1/s1. The Morgan fingerprint density at radius 1 is 0.780 bits per heavy atom. The van der Waals surface area contributed by atoms with Crippen LogP contribution in [0.4, 0.5) is 4.79 Å². The van der Waals surface area contributed by atoms with Gasteiger partial charge in [-0.25, -0.2) is 4.79 Å². The van der Waals surface area contributed by atoms with Gasteiger partial charge in [0.15, 0.2) is 12.6 Å². The molecule has 2 aliphatic heterocycles. The van der Waals surface area contributed by atoms with Crippen LogP contribution in [-0.4, -0.2) is 130 Å². The van der Waals surface area contributed by atoms with Crippen LogP contribution in [0.15, 0.2) is 18.2 Å². The zero-order chi connectivity index (χ0) is 30.4. The summed E-state index contributed by atoms with van der Waals surface area (Å²) in [5, 5.41) is 70.5. The van der Waals surface area contributed by atoms with Gasteiger partial charge in [-0.1, -0.05) is 45.9 Å². The van der Waals surface area contributed by atoms with Gasteiger partial charge in [0.2, 0.25) is 0 Å². The Kier molecular flexibility index (Phi) is 12.3. The van der Waals surface area contributed by atoms with Crippen molar-refractivity contribution in [3.05, 3.63) is 29.3 Å². The van der Waals surface area contributed by atoms with E-state index in [0.29, 0.717) is 5.75 Å². The van der Waals surface area contributed by atoms with Crippen molar-refractivity contribution >= 4 is 6.16 Å². The Morgan fingerprint density at radius 2 is 1.34 bits per heavy atom. The summed E-state index contributed by atoms with van der Waals surface area (Å²) in [5.41, 5.74) is 1.71. The SMILES string of the molecule is CC(C)c1cccc(C(C)C)c1OC(=O)OCCO[C@@H]1O[C@H](CO)C(OC2O[C@H](CO)[C@@H](O)[C@H](O)[C@H]2O)[C@H](O)[C@H]1O. The van der Waals surface area contributed by atoms with Crippen molar-refractivity contribution < 1.29 is 69.0 Å². The largest absolute Gasteiger partial charge is 0.513 e. The van der Waals surface area contributed by atoms with Crippen molar-refractivity contribution in [3.63, 3.8) is 0 Å². The van der Waals surface area contributed by atoms with Crippen LogP contribution in [0, 0.1) is 0 Å². The Morgan fingerprint density at radius 3 is 1.90 bits per heavy atom. The summed E-state index contributed by atoms with van der Waals surface area (Å²) in [4.78, 5) is 12.4. The van der Waals surface area contributed by atoms with E-state index in [4.69, 9.17) is 28.4 Å². The number of para-hydroxylation sites is 1. The highest BCUT2D eigenvalue weighted by Crippen LogP contribution is 2.35. The van der Waals surface area contributed by atoms with E-state index in [9.17, 15) is 40.5 Å². The lowest BCUT2D eigenvalue weighted by atomic mass is 9.94. The molecule has 2 aliphatic rings. The second kappa shape index (κ2) is 15.0. The maximum absolute atomic E-state index is 12.4. The fourth-order valence-corrected chi connectivity index (χ4v) is 4.70. The maximum Gasteiger partial charge on any atom is 0.513 e. The molecule has 2 unspecified atom stereocenters. The Labute approximate surface area is 237 Å². The average molecular weight is 591 g/mol. The minimum absolute atomic E-state index is 0.101. The predicted octanol–water partition coefficient (Wildman–Crippen LogP) is -0.910. The molecule has 234 valence electrons. The van der Waals surface area contributed by atoms with Crippen LogP contribution in [0.5, 0.6) is 5.75 Å². The fraction of sp³-hybridized carbons (Fsp3) is 0.741. The van der Waals surface area contributed by atoms with E-state index in [1.54, 1.807) is 0 Å². The molecule has 3 rings (SSSR count). The first-order valence-corrected chi connectivity index (χ1v) is 13.6. The van der Waals surface area contributed by atoms with Crippen molar-refractivity contribution in [2.45, 2.75) is 101 Å².